The number of para-hydroxylation sites is 1. The van der Waals surface area contributed by atoms with Crippen LogP contribution in [0.4, 0.5) is 0 Å². The van der Waals surface area contributed by atoms with Gasteiger partial charge < -0.3 is 18.9 Å². The third-order valence-electron chi connectivity index (χ3n) is 3.18. The van der Waals surface area contributed by atoms with Crippen LogP contribution in [0.3, 0.4) is 0 Å². The van der Waals surface area contributed by atoms with E-state index < -0.39 is 5.97 Å². The van der Waals surface area contributed by atoms with Crippen molar-refractivity contribution < 1.29 is 23.7 Å². The minimum atomic E-state index is -0.467. The lowest BCUT2D eigenvalue weighted by Gasteiger charge is -2.11. The zero-order valence-corrected chi connectivity index (χ0v) is 12.8. The fourth-order valence-corrected chi connectivity index (χ4v) is 2.01. The summed E-state index contributed by atoms with van der Waals surface area (Å²) in [4.78, 5) is 12.2. The van der Waals surface area contributed by atoms with Crippen molar-refractivity contribution in [3.8, 4) is 17.2 Å². The third-order valence-corrected chi connectivity index (χ3v) is 3.18. The monoisotopic (exact) mass is 302 g/mol. The van der Waals surface area contributed by atoms with E-state index in [4.69, 9.17) is 18.9 Å². The second-order valence-electron chi connectivity index (χ2n) is 4.45. The highest BCUT2D eigenvalue weighted by Gasteiger charge is 2.15. The van der Waals surface area contributed by atoms with Gasteiger partial charge in [-0.25, -0.2) is 4.79 Å². The summed E-state index contributed by atoms with van der Waals surface area (Å²) in [5.41, 5.74) is 1.14. The van der Waals surface area contributed by atoms with Crippen molar-refractivity contribution in [2.75, 3.05) is 21.3 Å². The maximum atomic E-state index is 12.2. The molecule has 5 heteroatoms. The van der Waals surface area contributed by atoms with Gasteiger partial charge in [0, 0.05) is 11.6 Å². The molecule has 0 aromatic heterocycles. The van der Waals surface area contributed by atoms with Gasteiger partial charge in [-0.1, -0.05) is 18.2 Å². The van der Waals surface area contributed by atoms with E-state index in [1.54, 1.807) is 32.4 Å². The SMILES string of the molecule is COc1ccc(C(=O)OCc2ccccc2OC)c(OC)c1. The molecule has 116 valence electrons. The molecular formula is C17H18O5. The number of rotatable bonds is 6. The Hall–Kier alpha value is -2.69. The van der Waals surface area contributed by atoms with Crippen molar-refractivity contribution in [1.29, 1.82) is 0 Å². The van der Waals surface area contributed by atoms with Crippen molar-refractivity contribution >= 4 is 5.97 Å². The van der Waals surface area contributed by atoms with E-state index >= 15 is 0 Å². The highest BCUT2D eigenvalue weighted by molar-refractivity contribution is 5.92. The van der Waals surface area contributed by atoms with E-state index in [2.05, 4.69) is 0 Å². The number of hydrogen-bond donors (Lipinski definition) is 0. The van der Waals surface area contributed by atoms with Crippen molar-refractivity contribution in [2.45, 2.75) is 6.61 Å². The predicted octanol–water partition coefficient (Wildman–Crippen LogP) is 3.07. The Kier molecular flexibility index (Phi) is 5.25. The molecule has 5 nitrogen and oxygen atoms in total. The summed E-state index contributed by atoms with van der Waals surface area (Å²) in [5.74, 6) is 1.23. The molecule has 0 saturated heterocycles. The predicted molar refractivity (Wildman–Crippen MR) is 81.7 cm³/mol. The van der Waals surface area contributed by atoms with Gasteiger partial charge in [-0.2, -0.15) is 0 Å². The van der Waals surface area contributed by atoms with Crippen LogP contribution in [0.25, 0.3) is 0 Å². The first kappa shape index (κ1) is 15.7. The van der Waals surface area contributed by atoms with Gasteiger partial charge in [0.2, 0.25) is 0 Å². The Morgan fingerprint density at radius 1 is 0.909 bits per heavy atom. The molecule has 0 N–H and O–H groups in total. The molecule has 2 aromatic carbocycles. The Morgan fingerprint density at radius 3 is 2.32 bits per heavy atom. The molecule has 0 aliphatic heterocycles. The average Bonchev–Trinajstić information content (AvgIpc) is 2.59. The highest BCUT2D eigenvalue weighted by Crippen LogP contribution is 2.26. The molecule has 2 aromatic rings. The first-order valence-electron chi connectivity index (χ1n) is 6.70. The molecule has 0 saturated carbocycles. The van der Waals surface area contributed by atoms with Gasteiger partial charge in [-0.15, -0.1) is 0 Å². The first-order chi connectivity index (χ1) is 10.7. The van der Waals surface area contributed by atoms with Crippen LogP contribution in [0.15, 0.2) is 42.5 Å². The molecule has 0 heterocycles. The average molecular weight is 302 g/mol. The van der Waals surface area contributed by atoms with Crippen LogP contribution < -0.4 is 14.2 Å². The lowest BCUT2D eigenvalue weighted by atomic mass is 10.2. The summed E-state index contributed by atoms with van der Waals surface area (Å²) < 4.78 is 20.9. The minimum absolute atomic E-state index is 0.123. The Labute approximate surface area is 129 Å². The second-order valence-corrected chi connectivity index (χ2v) is 4.45. The van der Waals surface area contributed by atoms with Crippen LogP contribution in [0.2, 0.25) is 0 Å². The number of carbonyl (C=O) groups is 1. The van der Waals surface area contributed by atoms with Crippen LogP contribution in [-0.4, -0.2) is 27.3 Å². The summed E-state index contributed by atoms with van der Waals surface area (Å²) in [6.45, 7) is 0.123. The molecule has 0 unspecified atom stereocenters. The molecule has 0 fully saturated rings. The van der Waals surface area contributed by atoms with Gasteiger partial charge in [0.15, 0.2) is 0 Å². The van der Waals surface area contributed by atoms with Crippen LogP contribution in [0.5, 0.6) is 17.2 Å². The molecule has 0 aliphatic carbocycles. The maximum absolute atomic E-state index is 12.2. The zero-order valence-electron chi connectivity index (χ0n) is 12.8. The number of hydrogen-bond acceptors (Lipinski definition) is 5. The minimum Gasteiger partial charge on any atom is -0.497 e. The molecule has 0 amide bonds. The van der Waals surface area contributed by atoms with E-state index in [9.17, 15) is 4.79 Å². The first-order valence-corrected chi connectivity index (χ1v) is 6.70. The Balaban J connectivity index is 2.12. The fourth-order valence-electron chi connectivity index (χ4n) is 2.01. The topological polar surface area (TPSA) is 54.0 Å². The van der Waals surface area contributed by atoms with Crippen LogP contribution in [0, 0.1) is 0 Å². The van der Waals surface area contributed by atoms with Gasteiger partial charge in [-0.3, -0.25) is 0 Å². The maximum Gasteiger partial charge on any atom is 0.342 e. The van der Waals surface area contributed by atoms with Crippen LogP contribution >= 0.6 is 0 Å². The van der Waals surface area contributed by atoms with Gasteiger partial charge in [0.25, 0.3) is 0 Å². The molecule has 0 aliphatic rings. The number of carbonyl (C=O) groups excluding carboxylic acids is 1. The van der Waals surface area contributed by atoms with Crippen LogP contribution in [-0.2, 0) is 11.3 Å². The molecule has 22 heavy (non-hydrogen) atoms. The van der Waals surface area contributed by atoms with Gasteiger partial charge in [-0.05, 0) is 18.2 Å². The van der Waals surface area contributed by atoms with E-state index in [-0.39, 0.29) is 6.61 Å². The quantitative estimate of drug-likeness (QED) is 0.768. The van der Waals surface area contributed by atoms with E-state index in [0.29, 0.717) is 22.8 Å². The lowest BCUT2D eigenvalue weighted by Crippen LogP contribution is -2.08. The Morgan fingerprint density at radius 2 is 1.64 bits per heavy atom. The largest absolute Gasteiger partial charge is 0.497 e. The number of esters is 1. The molecule has 0 spiro atoms. The van der Waals surface area contributed by atoms with E-state index in [1.165, 1.54) is 7.11 Å². The molecule has 0 bridgehead atoms. The number of benzene rings is 2. The highest BCUT2D eigenvalue weighted by atomic mass is 16.5. The second kappa shape index (κ2) is 7.36. The summed E-state index contributed by atoms with van der Waals surface area (Å²) in [6, 6.07) is 12.3. The normalized spacial score (nSPS) is 9.95. The zero-order chi connectivity index (χ0) is 15.9. The smallest absolute Gasteiger partial charge is 0.342 e. The van der Waals surface area contributed by atoms with E-state index in [1.807, 2.05) is 24.3 Å². The summed E-state index contributed by atoms with van der Waals surface area (Å²) in [5, 5.41) is 0. The van der Waals surface area contributed by atoms with Crippen molar-refractivity contribution in [2.24, 2.45) is 0 Å². The van der Waals surface area contributed by atoms with Crippen LogP contribution in [0.1, 0.15) is 15.9 Å². The van der Waals surface area contributed by atoms with E-state index in [0.717, 1.165) is 5.56 Å². The van der Waals surface area contributed by atoms with Gasteiger partial charge >= 0.3 is 5.97 Å². The number of ether oxygens (including phenoxy) is 4. The summed E-state index contributed by atoms with van der Waals surface area (Å²) in [7, 11) is 4.62. The third kappa shape index (κ3) is 3.49. The molecule has 0 radical (unpaired) electrons. The number of methoxy groups -OCH3 is 3. The molecular weight excluding hydrogens is 284 g/mol. The van der Waals surface area contributed by atoms with Gasteiger partial charge in [0.1, 0.15) is 29.4 Å². The van der Waals surface area contributed by atoms with Crippen molar-refractivity contribution in [3.05, 3.63) is 53.6 Å². The standard InChI is InChI=1S/C17H18O5/c1-19-13-8-9-14(16(10-13)21-3)17(18)22-11-12-6-4-5-7-15(12)20-2/h4-10H,11H2,1-3H3. The lowest BCUT2D eigenvalue weighted by molar-refractivity contribution is 0.0466. The molecule has 0 atom stereocenters. The summed E-state index contributed by atoms with van der Waals surface area (Å²) in [6.07, 6.45) is 0. The van der Waals surface area contributed by atoms with Gasteiger partial charge in [0.05, 0.1) is 21.3 Å². The van der Waals surface area contributed by atoms with Crippen molar-refractivity contribution in [3.63, 3.8) is 0 Å². The molecule has 2 rings (SSSR count). The summed E-state index contributed by atoms with van der Waals surface area (Å²) >= 11 is 0. The Bertz CT molecular complexity index is 651. The van der Waals surface area contributed by atoms with Crippen molar-refractivity contribution in [1.82, 2.24) is 0 Å². The fraction of sp³-hybridized carbons (Fsp3) is 0.235.